The van der Waals surface area contributed by atoms with E-state index in [-0.39, 0.29) is 11.3 Å². The van der Waals surface area contributed by atoms with Crippen molar-refractivity contribution in [3.8, 4) is 11.4 Å². The summed E-state index contributed by atoms with van der Waals surface area (Å²) < 4.78 is 1.87. The van der Waals surface area contributed by atoms with Gasteiger partial charge >= 0.3 is 0 Å². The van der Waals surface area contributed by atoms with Crippen molar-refractivity contribution in [2.75, 3.05) is 0 Å². The van der Waals surface area contributed by atoms with Gasteiger partial charge in [-0.05, 0) is 36.9 Å². The lowest BCUT2D eigenvalue weighted by molar-refractivity contribution is -0.387. The Balaban J connectivity index is 2.01. The van der Waals surface area contributed by atoms with Gasteiger partial charge in [0.25, 0.3) is 5.69 Å². The number of benzene rings is 1. The third-order valence-electron chi connectivity index (χ3n) is 3.49. The van der Waals surface area contributed by atoms with Gasteiger partial charge in [0.1, 0.15) is 6.29 Å². The van der Waals surface area contributed by atoms with Gasteiger partial charge in [0.05, 0.1) is 9.82 Å². The van der Waals surface area contributed by atoms with Crippen LogP contribution in [0.2, 0.25) is 0 Å². The Morgan fingerprint density at radius 2 is 2.00 bits per heavy atom. The van der Waals surface area contributed by atoms with Gasteiger partial charge < -0.3 is 4.57 Å². The van der Waals surface area contributed by atoms with Gasteiger partial charge in [-0.15, -0.1) is 10.2 Å². The van der Waals surface area contributed by atoms with Crippen LogP contribution in [0.4, 0.5) is 5.69 Å². The van der Waals surface area contributed by atoms with Gasteiger partial charge in [-0.3, -0.25) is 19.9 Å². The summed E-state index contributed by atoms with van der Waals surface area (Å²) in [4.78, 5) is 26.0. The van der Waals surface area contributed by atoms with E-state index in [4.69, 9.17) is 0 Å². The highest BCUT2D eigenvalue weighted by molar-refractivity contribution is 7.99. The predicted molar refractivity (Wildman–Crippen MR) is 91.5 cm³/mol. The van der Waals surface area contributed by atoms with Crippen LogP contribution in [0.5, 0.6) is 0 Å². The van der Waals surface area contributed by atoms with E-state index >= 15 is 0 Å². The Kier molecular flexibility index (Phi) is 4.85. The molecule has 0 fully saturated rings. The molecular weight excluding hydrogens is 342 g/mol. The smallest absolute Gasteiger partial charge is 0.284 e. The van der Waals surface area contributed by atoms with Crippen LogP contribution >= 0.6 is 11.8 Å². The van der Waals surface area contributed by atoms with E-state index in [1.165, 1.54) is 6.07 Å². The highest BCUT2D eigenvalue weighted by atomic mass is 32.2. The Morgan fingerprint density at radius 3 is 2.64 bits per heavy atom. The molecule has 0 N–H and O–H groups in total. The summed E-state index contributed by atoms with van der Waals surface area (Å²) >= 11 is 1.14. The fourth-order valence-corrected chi connectivity index (χ4v) is 3.28. The van der Waals surface area contributed by atoms with Crippen LogP contribution in [0.15, 0.2) is 52.8 Å². The van der Waals surface area contributed by atoms with Gasteiger partial charge in [-0.1, -0.05) is 6.07 Å². The molecule has 0 saturated carbocycles. The van der Waals surface area contributed by atoms with Crippen molar-refractivity contribution >= 4 is 23.7 Å². The highest BCUT2D eigenvalue weighted by Gasteiger charge is 2.20. The molecule has 0 aliphatic rings. The van der Waals surface area contributed by atoms with Crippen molar-refractivity contribution in [2.24, 2.45) is 0 Å². The van der Waals surface area contributed by atoms with Crippen LogP contribution in [0.25, 0.3) is 11.4 Å². The maximum absolute atomic E-state index is 11.3. The second-order valence-corrected chi connectivity index (χ2v) is 6.00. The third-order valence-corrected chi connectivity index (χ3v) is 4.54. The minimum absolute atomic E-state index is 0.134. The van der Waals surface area contributed by atoms with Crippen LogP contribution < -0.4 is 0 Å². The fourth-order valence-electron chi connectivity index (χ4n) is 2.30. The first kappa shape index (κ1) is 16.8. The van der Waals surface area contributed by atoms with E-state index in [9.17, 15) is 14.9 Å². The van der Waals surface area contributed by atoms with E-state index in [2.05, 4.69) is 15.2 Å². The Morgan fingerprint density at radius 1 is 1.24 bits per heavy atom. The quantitative estimate of drug-likeness (QED) is 0.380. The summed E-state index contributed by atoms with van der Waals surface area (Å²) in [7, 11) is 0. The molecule has 3 aromatic rings. The molecule has 0 spiro atoms. The maximum Gasteiger partial charge on any atom is 0.284 e. The molecule has 0 atom stereocenters. The second kappa shape index (κ2) is 7.22. The summed E-state index contributed by atoms with van der Waals surface area (Å²) in [6, 6.07) is 8.00. The minimum Gasteiger partial charge on any atom is -0.302 e. The van der Waals surface area contributed by atoms with Crippen molar-refractivity contribution in [1.29, 1.82) is 0 Å². The van der Waals surface area contributed by atoms with Crippen molar-refractivity contribution in [1.82, 2.24) is 19.7 Å². The molecule has 25 heavy (non-hydrogen) atoms. The molecule has 1 aromatic carbocycles. The molecule has 0 radical (unpaired) electrons. The number of pyridine rings is 1. The molecule has 2 aromatic heterocycles. The average molecular weight is 355 g/mol. The minimum atomic E-state index is -0.508. The van der Waals surface area contributed by atoms with E-state index in [0.29, 0.717) is 28.7 Å². The van der Waals surface area contributed by atoms with E-state index < -0.39 is 4.92 Å². The largest absolute Gasteiger partial charge is 0.302 e. The number of aromatic nitrogens is 4. The van der Waals surface area contributed by atoms with Gasteiger partial charge in [0, 0.05) is 36.1 Å². The number of hydrogen-bond donors (Lipinski definition) is 0. The van der Waals surface area contributed by atoms with Gasteiger partial charge in [-0.2, -0.15) is 0 Å². The summed E-state index contributed by atoms with van der Waals surface area (Å²) in [5.74, 6) is 0.666. The van der Waals surface area contributed by atoms with E-state index in [1.54, 1.807) is 24.5 Å². The fraction of sp³-hybridized carbons (Fsp3) is 0.125. The summed E-state index contributed by atoms with van der Waals surface area (Å²) in [5.41, 5.74) is 0.984. The van der Waals surface area contributed by atoms with Crippen molar-refractivity contribution in [2.45, 2.75) is 23.5 Å². The number of nitro groups is 1. The Bertz CT molecular complexity index is 927. The number of aldehydes is 1. The zero-order valence-electron chi connectivity index (χ0n) is 13.2. The molecule has 0 aliphatic carbocycles. The number of hydrogen-bond acceptors (Lipinski definition) is 7. The van der Waals surface area contributed by atoms with Gasteiger partial charge in [-0.25, -0.2) is 0 Å². The third kappa shape index (κ3) is 3.41. The molecule has 0 aliphatic heterocycles. The molecule has 126 valence electrons. The standard InChI is InChI=1S/C16H13N5O3S/c1-2-20-15(12-5-7-17-8-6-12)18-19-16(20)25-14-4-3-11(10-22)9-13(14)21(23)24/h3-10H,2H2,1H3. The highest BCUT2D eigenvalue weighted by Crippen LogP contribution is 2.35. The molecule has 3 rings (SSSR count). The molecule has 2 heterocycles. The molecule has 0 saturated heterocycles. The van der Waals surface area contributed by atoms with Gasteiger partial charge in [0.15, 0.2) is 11.0 Å². The van der Waals surface area contributed by atoms with E-state index in [1.807, 2.05) is 23.6 Å². The molecule has 0 bridgehead atoms. The average Bonchev–Trinajstić information content (AvgIpc) is 3.05. The first-order valence-corrected chi connectivity index (χ1v) is 8.20. The van der Waals surface area contributed by atoms with Crippen LogP contribution in [0.3, 0.4) is 0 Å². The lowest BCUT2D eigenvalue weighted by atomic mass is 10.2. The first-order valence-electron chi connectivity index (χ1n) is 7.39. The second-order valence-electron chi connectivity index (χ2n) is 4.99. The van der Waals surface area contributed by atoms with Crippen molar-refractivity contribution in [3.63, 3.8) is 0 Å². The Hall–Kier alpha value is -3.07. The summed E-state index contributed by atoms with van der Waals surface area (Å²) in [6.45, 7) is 2.55. The molecule has 0 unspecified atom stereocenters. The number of rotatable bonds is 6. The molecule has 0 amide bonds. The predicted octanol–water partition coefficient (Wildman–Crippen LogP) is 3.23. The van der Waals surface area contributed by atoms with Crippen LogP contribution in [0.1, 0.15) is 17.3 Å². The zero-order valence-corrected chi connectivity index (χ0v) is 14.0. The lowest BCUT2D eigenvalue weighted by Crippen LogP contribution is -2.00. The number of nitro benzene ring substituents is 1. The van der Waals surface area contributed by atoms with Crippen LogP contribution in [0, 0.1) is 10.1 Å². The molecule has 9 heteroatoms. The van der Waals surface area contributed by atoms with Crippen molar-refractivity contribution in [3.05, 3.63) is 58.4 Å². The zero-order chi connectivity index (χ0) is 17.8. The number of carbonyl (C=O) groups excluding carboxylic acids is 1. The van der Waals surface area contributed by atoms with E-state index in [0.717, 1.165) is 17.3 Å². The molecular formula is C16H13N5O3S. The van der Waals surface area contributed by atoms with Gasteiger partial charge in [0.2, 0.25) is 0 Å². The SMILES string of the molecule is CCn1c(Sc2ccc(C=O)cc2[N+](=O)[O-])nnc1-c1ccncc1. The van der Waals surface area contributed by atoms with Crippen LogP contribution in [-0.4, -0.2) is 31.0 Å². The summed E-state index contributed by atoms with van der Waals surface area (Å²) in [6.07, 6.45) is 3.91. The maximum atomic E-state index is 11.3. The first-order chi connectivity index (χ1) is 12.1. The monoisotopic (exact) mass is 355 g/mol. The molecule has 8 nitrogen and oxygen atoms in total. The number of nitrogens with zero attached hydrogens (tertiary/aromatic N) is 5. The summed E-state index contributed by atoms with van der Waals surface area (Å²) in [5, 5.41) is 20.2. The lowest BCUT2D eigenvalue weighted by Gasteiger charge is -2.07. The topological polar surface area (TPSA) is 104 Å². The van der Waals surface area contributed by atoms with Crippen molar-refractivity contribution < 1.29 is 9.72 Å². The Labute approximate surface area is 147 Å². The van der Waals surface area contributed by atoms with Crippen LogP contribution in [-0.2, 0) is 6.54 Å². The number of carbonyl (C=O) groups is 1. The normalized spacial score (nSPS) is 10.6.